The van der Waals surface area contributed by atoms with Gasteiger partial charge in [0.05, 0.1) is 6.42 Å². The number of benzene rings is 1. The second-order valence-corrected chi connectivity index (χ2v) is 4.03. The van der Waals surface area contributed by atoms with E-state index in [1.54, 1.807) is 6.07 Å². The molecule has 0 atom stereocenters. The highest BCUT2D eigenvalue weighted by atomic mass is 19.1. The third kappa shape index (κ3) is 2.91. The zero-order valence-corrected chi connectivity index (χ0v) is 9.48. The number of rotatable bonds is 2. The van der Waals surface area contributed by atoms with E-state index in [4.69, 9.17) is 0 Å². The Morgan fingerprint density at radius 3 is 2.56 bits per heavy atom. The zero-order valence-electron chi connectivity index (χ0n) is 9.48. The highest BCUT2D eigenvalue weighted by molar-refractivity contribution is 6.02. The number of carbonyl (C=O) groups is 3. The predicted octanol–water partition coefficient (Wildman–Crippen LogP) is -0.147. The summed E-state index contributed by atoms with van der Waals surface area (Å²) in [6.45, 7) is -0.278. The van der Waals surface area contributed by atoms with E-state index in [1.165, 1.54) is 18.2 Å². The molecule has 0 radical (unpaired) electrons. The summed E-state index contributed by atoms with van der Waals surface area (Å²) in [5, 5.41) is 2.11. The van der Waals surface area contributed by atoms with Crippen LogP contribution in [-0.4, -0.2) is 35.7 Å². The van der Waals surface area contributed by atoms with Crippen molar-refractivity contribution in [2.75, 3.05) is 13.1 Å². The molecule has 0 aliphatic carbocycles. The highest BCUT2D eigenvalue weighted by Crippen LogP contribution is 2.07. The summed E-state index contributed by atoms with van der Waals surface area (Å²) in [6.07, 6.45) is -0.0294. The summed E-state index contributed by atoms with van der Waals surface area (Å²) in [5.74, 6) is -1.80. The lowest BCUT2D eigenvalue weighted by Gasteiger charge is -2.25. The number of nitrogens with zero attached hydrogens (tertiary/aromatic N) is 1. The van der Waals surface area contributed by atoms with Crippen LogP contribution < -0.4 is 5.32 Å². The van der Waals surface area contributed by atoms with Crippen molar-refractivity contribution in [1.82, 2.24) is 10.2 Å². The van der Waals surface area contributed by atoms with Crippen LogP contribution in [0.4, 0.5) is 4.39 Å². The van der Waals surface area contributed by atoms with Crippen molar-refractivity contribution < 1.29 is 18.8 Å². The number of amides is 3. The van der Waals surface area contributed by atoms with Gasteiger partial charge in [0.2, 0.25) is 17.7 Å². The quantitative estimate of drug-likeness (QED) is 0.742. The van der Waals surface area contributed by atoms with E-state index < -0.39 is 17.6 Å². The molecule has 1 heterocycles. The first-order chi connectivity index (χ1) is 8.54. The van der Waals surface area contributed by atoms with Crippen molar-refractivity contribution in [1.29, 1.82) is 0 Å². The number of imide groups is 1. The van der Waals surface area contributed by atoms with Crippen molar-refractivity contribution in [2.45, 2.75) is 6.42 Å². The van der Waals surface area contributed by atoms with Crippen LogP contribution in [0.3, 0.4) is 0 Å². The van der Waals surface area contributed by atoms with Gasteiger partial charge in [-0.25, -0.2) is 4.39 Å². The molecule has 1 aliphatic heterocycles. The number of hydrogen-bond donors (Lipinski definition) is 1. The molecular weight excluding hydrogens is 239 g/mol. The molecule has 0 aromatic heterocycles. The molecule has 1 aromatic rings. The lowest BCUT2D eigenvalue weighted by Crippen LogP contribution is -2.53. The lowest BCUT2D eigenvalue weighted by molar-refractivity contribution is -0.145. The van der Waals surface area contributed by atoms with Crippen LogP contribution >= 0.6 is 0 Å². The molecule has 0 unspecified atom stereocenters. The standard InChI is InChI=1S/C12H11FN2O3/c13-9-3-1-2-8(4-9)5-12(18)15-6-10(16)14-11(17)7-15/h1-4H,5-7H2,(H,14,16,17). The third-order valence-corrected chi connectivity index (χ3v) is 2.54. The van der Waals surface area contributed by atoms with Crippen LogP contribution in [-0.2, 0) is 20.8 Å². The Bertz CT molecular complexity index is 500. The molecule has 0 bridgehead atoms. The van der Waals surface area contributed by atoms with Crippen molar-refractivity contribution in [3.8, 4) is 0 Å². The average Bonchev–Trinajstić information content (AvgIpc) is 2.27. The largest absolute Gasteiger partial charge is 0.324 e. The summed E-state index contributed by atoms with van der Waals surface area (Å²) >= 11 is 0. The molecule has 3 amide bonds. The van der Waals surface area contributed by atoms with Gasteiger partial charge in [0, 0.05) is 0 Å². The van der Waals surface area contributed by atoms with Crippen LogP contribution in [0.5, 0.6) is 0 Å². The molecule has 5 nitrogen and oxygen atoms in total. The molecule has 1 aliphatic rings. The molecule has 1 N–H and O–H groups in total. The number of nitrogens with one attached hydrogen (secondary N) is 1. The minimum absolute atomic E-state index is 0.0294. The maximum atomic E-state index is 12.9. The predicted molar refractivity (Wildman–Crippen MR) is 59.8 cm³/mol. The van der Waals surface area contributed by atoms with E-state index in [0.717, 1.165) is 4.90 Å². The molecule has 94 valence electrons. The second-order valence-electron chi connectivity index (χ2n) is 4.03. The number of halogens is 1. The van der Waals surface area contributed by atoms with Gasteiger partial charge >= 0.3 is 0 Å². The topological polar surface area (TPSA) is 66.5 Å². The van der Waals surface area contributed by atoms with Crippen molar-refractivity contribution in [3.63, 3.8) is 0 Å². The van der Waals surface area contributed by atoms with E-state index >= 15 is 0 Å². The minimum atomic E-state index is -0.501. The summed E-state index contributed by atoms with van der Waals surface area (Å²) < 4.78 is 12.9. The van der Waals surface area contributed by atoms with Gasteiger partial charge in [-0.15, -0.1) is 0 Å². The van der Waals surface area contributed by atoms with Gasteiger partial charge in [0.1, 0.15) is 18.9 Å². The molecular formula is C12H11FN2O3. The SMILES string of the molecule is O=C1CN(C(=O)Cc2cccc(F)c2)CC(=O)N1. The van der Waals surface area contributed by atoms with Gasteiger partial charge in [-0.2, -0.15) is 0 Å². The second kappa shape index (κ2) is 4.95. The molecule has 2 rings (SSSR count). The minimum Gasteiger partial charge on any atom is -0.324 e. The first kappa shape index (κ1) is 12.2. The maximum absolute atomic E-state index is 12.9. The van der Waals surface area contributed by atoms with Gasteiger partial charge in [-0.05, 0) is 17.7 Å². The van der Waals surface area contributed by atoms with E-state index in [9.17, 15) is 18.8 Å². The molecule has 18 heavy (non-hydrogen) atoms. The number of piperazine rings is 1. The molecule has 1 fully saturated rings. The Hall–Kier alpha value is -2.24. The van der Waals surface area contributed by atoms with E-state index in [2.05, 4.69) is 5.32 Å². The number of carbonyl (C=O) groups excluding carboxylic acids is 3. The molecule has 1 saturated heterocycles. The van der Waals surface area contributed by atoms with Crippen molar-refractivity contribution >= 4 is 17.7 Å². The fraction of sp³-hybridized carbons (Fsp3) is 0.250. The Morgan fingerprint density at radius 2 is 1.94 bits per heavy atom. The van der Waals surface area contributed by atoms with Crippen LogP contribution in [0.1, 0.15) is 5.56 Å². The Morgan fingerprint density at radius 1 is 1.28 bits per heavy atom. The van der Waals surface area contributed by atoms with Gasteiger partial charge in [0.15, 0.2) is 0 Å². The summed E-state index contributed by atoms with van der Waals surface area (Å²) in [4.78, 5) is 35.2. The van der Waals surface area contributed by atoms with Crippen LogP contribution in [0, 0.1) is 5.82 Å². The van der Waals surface area contributed by atoms with Gasteiger partial charge in [-0.1, -0.05) is 12.1 Å². The van der Waals surface area contributed by atoms with Crippen LogP contribution in [0.15, 0.2) is 24.3 Å². The summed E-state index contributed by atoms with van der Waals surface area (Å²) in [6, 6.07) is 5.66. The summed E-state index contributed by atoms with van der Waals surface area (Å²) in [7, 11) is 0. The molecule has 0 spiro atoms. The molecule has 1 aromatic carbocycles. The van der Waals surface area contributed by atoms with E-state index in [-0.39, 0.29) is 25.4 Å². The van der Waals surface area contributed by atoms with Crippen molar-refractivity contribution in [2.24, 2.45) is 0 Å². The van der Waals surface area contributed by atoms with Crippen LogP contribution in [0.2, 0.25) is 0 Å². The van der Waals surface area contributed by atoms with Crippen molar-refractivity contribution in [3.05, 3.63) is 35.6 Å². The number of hydrogen-bond acceptors (Lipinski definition) is 3. The van der Waals surface area contributed by atoms with E-state index in [0.29, 0.717) is 5.56 Å². The Kier molecular flexibility index (Phi) is 3.36. The van der Waals surface area contributed by atoms with Crippen LogP contribution in [0.25, 0.3) is 0 Å². The normalized spacial score (nSPS) is 15.5. The van der Waals surface area contributed by atoms with E-state index in [1.807, 2.05) is 0 Å². The van der Waals surface area contributed by atoms with Gasteiger partial charge in [0.25, 0.3) is 0 Å². The smallest absolute Gasteiger partial charge is 0.246 e. The monoisotopic (exact) mass is 250 g/mol. The van der Waals surface area contributed by atoms with Gasteiger partial charge < -0.3 is 4.90 Å². The first-order valence-electron chi connectivity index (χ1n) is 5.39. The van der Waals surface area contributed by atoms with Gasteiger partial charge in [-0.3, -0.25) is 19.7 Å². The first-order valence-corrected chi connectivity index (χ1v) is 5.39. The zero-order chi connectivity index (χ0) is 13.1. The summed E-state index contributed by atoms with van der Waals surface area (Å²) in [5.41, 5.74) is 0.512. The average molecular weight is 250 g/mol. The lowest BCUT2D eigenvalue weighted by atomic mass is 10.1. The Labute approximate surface area is 103 Å². The fourth-order valence-corrected chi connectivity index (χ4v) is 1.75. The fourth-order valence-electron chi connectivity index (χ4n) is 1.75. The molecule has 6 heteroatoms. The Balaban J connectivity index is 2.03. The highest BCUT2D eigenvalue weighted by Gasteiger charge is 2.26. The maximum Gasteiger partial charge on any atom is 0.246 e. The molecule has 0 saturated carbocycles. The third-order valence-electron chi connectivity index (χ3n) is 2.54.